The molecule has 0 radical (unpaired) electrons. The van der Waals surface area contributed by atoms with Crippen molar-refractivity contribution in [1.29, 1.82) is 0 Å². The minimum absolute atomic E-state index is 0.207. The van der Waals surface area contributed by atoms with E-state index in [1.54, 1.807) is 18.2 Å². The molecule has 0 aliphatic rings. The van der Waals surface area contributed by atoms with Crippen LogP contribution in [0.25, 0.3) is 0 Å². The van der Waals surface area contributed by atoms with Crippen LogP contribution < -0.4 is 0 Å². The van der Waals surface area contributed by atoms with E-state index < -0.39 is 0 Å². The van der Waals surface area contributed by atoms with E-state index in [0.717, 1.165) is 9.79 Å². The van der Waals surface area contributed by atoms with Crippen molar-refractivity contribution in [1.82, 2.24) is 0 Å². The monoisotopic (exact) mass is 302 g/mol. The minimum Gasteiger partial charge on any atom is -0.392 e. The van der Waals surface area contributed by atoms with Crippen molar-refractivity contribution >= 4 is 35.0 Å². The first-order valence-corrected chi connectivity index (χ1v) is 6.69. The number of benzene rings is 2. The highest BCUT2D eigenvalue weighted by Crippen LogP contribution is 2.34. The van der Waals surface area contributed by atoms with Crippen LogP contribution in [-0.4, -0.2) is 5.11 Å². The molecule has 0 unspecified atom stereocenters. The lowest BCUT2D eigenvalue weighted by Gasteiger charge is -2.08. The lowest BCUT2D eigenvalue weighted by Crippen LogP contribution is -1.89. The maximum absolute atomic E-state index is 13.0. The summed E-state index contributed by atoms with van der Waals surface area (Å²) in [6, 6.07) is 9.57. The maximum Gasteiger partial charge on any atom is 0.123 e. The highest BCUT2D eigenvalue weighted by molar-refractivity contribution is 7.99. The zero-order chi connectivity index (χ0) is 13.1. The Morgan fingerprint density at radius 3 is 2.50 bits per heavy atom. The topological polar surface area (TPSA) is 20.2 Å². The summed E-state index contributed by atoms with van der Waals surface area (Å²) in [7, 11) is 0. The number of rotatable bonds is 3. The predicted molar refractivity (Wildman–Crippen MR) is 72.9 cm³/mol. The van der Waals surface area contributed by atoms with Gasteiger partial charge in [-0.2, -0.15) is 0 Å². The van der Waals surface area contributed by atoms with E-state index in [1.165, 1.54) is 23.9 Å². The Hall–Kier alpha value is -0.740. The molecule has 2 rings (SSSR count). The van der Waals surface area contributed by atoms with Gasteiger partial charge < -0.3 is 5.11 Å². The fourth-order valence-corrected chi connectivity index (χ4v) is 2.76. The average Bonchev–Trinajstić information content (AvgIpc) is 2.36. The molecule has 94 valence electrons. The van der Waals surface area contributed by atoms with Crippen molar-refractivity contribution < 1.29 is 9.50 Å². The summed E-state index contributed by atoms with van der Waals surface area (Å²) < 4.78 is 13.0. The van der Waals surface area contributed by atoms with Gasteiger partial charge in [-0.15, -0.1) is 0 Å². The molecule has 0 aromatic heterocycles. The van der Waals surface area contributed by atoms with Gasteiger partial charge in [0.2, 0.25) is 0 Å². The predicted octanol–water partition coefficient (Wildman–Crippen LogP) is 4.78. The van der Waals surface area contributed by atoms with E-state index >= 15 is 0 Å². The largest absolute Gasteiger partial charge is 0.392 e. The number of halogens is 3. The van der Waals surface area contributed by atoms with Crippen LogP contribution in [0.5, 0.6) is 0 Å². The molecule has 0 fully saturated rings. The smallest absolute Gasteiger partial charge is 0.123 e. The molecule has 0 atom stereocenters. The molecule has 0 bridgehead atoms. The SMILES string of the molecule is OCc1cc(F)ccc1Sc1ccc(Cl)c(Cl)c1. The molecule has 1 N–H and O–H groups in total. The van der Waals surface area contributed by atoms with Gasteiger partial charge >= 0.3 is 0 Å². The first kappa shape index (κ1) is 13.7. The first-order valence-electron chi connectivity index (χ1n) is 5.12. The Labute approximate surface area is 119 Å². The van der Waals surface area contributed by atoms with Gasteiger partial charge in [0.15, 0.2) is 0 Å². The molecule has 5 heteroatoms. The van der Waals surface area contributed by atoms with Crippen molar-refractivity contribution in [3.63, 3.8) is 0 Å². The fraction of sp³-hybridized carbons (Fsp3) is 0.0769. The summed E-state index contributed by atoms with van der Waals surface area (Å²) in [6.45, 7) is -0.207. The molecular weight excluding hydrogens is 294 g/mol. The number of aliphatic hydroxyl groups is 1. The summed E-state index contributed by atoms with van der Waals surface area (Å²) in [6.07, 6.45) is 0. The van der Waals surface area contributed by atoms with Crippen LogP contribution in [0.3, 0.4) is 0 Å². The Kier molecular flexibility index (Phi) is 4.51. The van der Waals surface area contributed by atoms with Crippen LogP contribution in [0, 0.1) is 5.82 Å². The minimum atomic E-state index is -0.363. The zero-order valence-electron chi connectivity index (χ0n) is 9.16. The molecule has 0 saturated heterocycles. The van der Waals surface area contributed by atoms with Crippen LogP contribution in [0.1, 0.15) is 5.56 Å². The summed E-state index contributed by atoms with van der Waals surface area (Å²) in [5.41, 5.74) is 0.547. The van der Waals surface area contributed by atoms with Crippen LogP contribution in [-0.2, 0) is 6.61 Å². The molecule has 0 amide bonds. The summed E-state index contributed by atoms with van der Waals surface area (Å²) >= 11 is 13.2. The third kappa shape index (κ3) is 3.18. The van der Waals surface area contributed by atoms with Gasteiger partial charge in [-0.25, -0.2) is 4.39 Å². The molecule has 0 aliphatic carbocycles. The van der Waals surface area contributed by atoms with Gasteiger partial charge in [-0.1, -0.05) is 35.0 Å². The average molecular weight is 303 g/mol. The van der Waals surface area contributed by atoms with Gasteiger partial charge in [0, 0.05) is 9.79 Å². The Morgan fingerprint density at radius 1 is 1.06 bits per heavy atom. The molecule has 0 aliphatic heterocycles. The second kappa shape index (κ2) is 5.93. The summed E-state index contributed by atoms with van der Waals surface area (Å²) in [5, 5.41) is 10.1. The van der Waals surface area contributed by atoms with E-state index in [4.69, 9.17) is 23.2 Å². The fourth-order valence-electron chi connectivity index (χ4n) is 1.44. The molecular formula is C13H9Cl2FOS. The Bertz CT molecular complexity index is 575. The number of hydrogen-bond acceptors (Lipinski definition) is 2. The molecule has 0 spiro atoms. The van der Waals surface area contributed by atoms with Crippen molar-refractivity contribution in [3.8, 4) is 0 Å². The van der Waals surface area contributed by atoms with Crippen LogP contribution in [0.2, 0.25) is 10.0 Å². The van der Waals surface area contributed by atoms with E-state index in [-0.39, 0.29) is 12.4 Å². The van der Waals surface area contributed by atoms with Crippen molar-refractivity contribution in [2.75, 3.05) is 0 Å². The lowest BCUT2D eigenvalue weighted by atomic mass is 10.2. The van der Waals surface area contributed by atoms with Crippen molar-refractivity contribution in [2.24, 2.45) is 0 Å². The molecule has 0 heterocycles. The molecule has 1 nitrogen and oxygen atoms in total. The lowest BCUT2D eigenvalue weighted by molar-refractivity contribution is 0.278. The standard InChI is InChI=1S/C13H9Cl2FOS/c14-11-3-2-10(6-12(11)15)18-13-4-1-9(16)5-8(13)7-17/h1-6,17H,7H2. The van der Waals surface area contributed by atoms with Gasteiger partial charge in [0.05, 0.1) is 16.7 Å². The Balaban J connectivity index is 2.30. The van der Waals surface area contributed by atoms with Gasteiger partial charge in [-0.05, 0) is 42.0 Å². The van der Waals surface area contributed by atoms with Crippen LogP contribution >= 0.6 is 35.0 Å². The normalized spacial score (nSPS) is 10.7. The molecule has 18 heavy (non-hydrogen) atoms. The third-order valence-corrected chi connectivity index (χ3v) is 4.16. The second-order valence-corrected chi connectivity index (χ2v) is 5.52. The highest BCUT2D eigenvalue weighted by Gasteiger charge is 2.07. The molecule has 2 aromatic rings. The van der Waals surface area contributed by atoms with Crippen molar-refractivity contribution in [2.45, 2.75) is 16.4 Å². The first-order chi connectivity index (χ1) is 8.60. The molecule has 2 aromatic carbocycles. The summed E-state index contributed by atoms with van der Waals surface area (Å²) in [4.78, 5) is 1.67. The summed E-state index contributed by atoms with van der Waals surface area (Å²) in [5.74, 6) is -0.363. The third-order valence-electron chi connectivity index (χ3n) is 2.31. The quantitative estimate of drug-likeness (QED) is 0.881. The van der Waals surface area contributed by atoms with Crippen LogP contribution in [0.4, 0.5) is 4.39 Å². The zero-order valence-corrected chi connectivity index (χ0v) is 11.5. The Morgan fingerprint density at radius 2 is 1.83 bits per heavy atom. The highest BCUT2D eigenvalue weighted by atomic mass is 35.5. The van der Waals surface area contributed by atoms with Crippen molar-refractivity contribution in [3.05, 3.63) is 57.8 Å². The number of hydrogen-bond donors (Lipinski definition) is 1. The van der Waals surface area contributed by atoms with Crippen LogP contribution in [0.15, 0.2) is 46.2 Å². The maximum atomic E-state index is 13.0. The van der Waals surface area contributed by atoms with Gasteiger partial charge in [0.25, 0.3) is 0 Å². The van der Waals surface area contributed by atoms with Gasteiger partial charge in [0.1, 0.15) is 5.82 Å². The molecule has 0 saturated carbocycles. The number of aliphatic hydroxyl groups excluding tert-OH is 1. The second-order valence-electron chi connectivity index (χ2n) is 3.59. The van der Waals surface area contributed by atoms with E-state index in [2.05, 4.69) is 0 Å². The van der Waals surface area contributed by atoms with E-state index in [0.29, 0.717) is 15.6 Å². The van der Waals surface area contributed by atoms with Gasteiger partial charge in [-0.3, -0.25) is 0 Å². The van der Waals surface area contributed by atoms with E-state index in [9.17, 15) is 9.50 Å². The van der Waals surface area contributed by atoms with E-state index in [1.807, 2.05) is 6.07 Å².